The van der Waals surface area contributed by atoms with Gasteiger partial charge in [-0.15, -0.1) is 0 Å². The molecule has 0 fully saturated rings. The van der Waals surface area contributed by atoms with E-state index in [0.717, 1.165) is 16.7 Å². The first-order valence-electron chi connectivity index (χ1n) is 9.54. The lowest BCUT2D eigenvalue weighted by Crippen LogP contribution is -2.11. The molecular weight excluding hydrogens is 610 g/mol. The average molecular weight is 633 g/mol. The largest absolute Gasteiger partial charge is 0.759 e. The Morgan fingerprint density at radius 3 is 2.38 bits per heavy atom. The number of nitrogens with one attached hydrogen (secondary N) is 1. The Kier molecular flexibility index (Phi) is 10.3. The SMILES string of the molecule is COc1ccc(/C=C/C(=O)N[O-])c(OCc2ccc(OC(Br)(Br)Br)cc2)c1CC=C(C)C. The van der Waals surface area contributed by atoms with Crippen LogP contribution in [0, 0.1) is 5.21 Å². The molecule has 0 aromatic heterocycles. The van der Waals surface area contributed by atoms with Gasteiger partial charge in [0.25, 0.3) is 2.33 Å². The molecule has 1 amide bonds. The summed E-state index contributed by atoms with van der Waals surface area (Å²) in [6.07, 6.45) is 5.38. The maximum Gasteiger partial charge on any atom is 0.272 e. The minimum absolute atomic E-state index is 0.284. The van der Waals surface area contributed by atoms with Crippen molar-refractivity contribution in [2.24, 2.45) is 0 Å². The Morgan fingerprint density at radius 2 is 1.81 bits per heavy atom. The fraction of sp³-hybridized carbons (Fsp3) is 0.261. The molecule has 0 aliphatic rings. The van der Waals surface area contributed by atoms with Gasteiger partial charge in [0.2, 0.25) is 5.91 Å². The van der Waals surface area contributed by atoms with E-state index in [1.165, 1.54) is 11.6 Å². The van der Waals surface area contributed by atoms with Gasteiger partial charge in [0.1, 0.15) is 23.9 Å². The molecule has 0 radical (unpaired) electrons. The minimum atomic E-state index is -0.830. The van der Waals surface area contributed by atoms with E-state index in [1.807, 2.05) is 44.2 Å². The van der Waals surface area contributed by atoms with Gasteiger partial charge in [0.15, 0.2) is 0 Å². The Hall–Kier alpha value is -1.81. The summed E-state index contributed by atoms with van der Waals surface area (Å²) >= 11 is 9.88. The van der Waals surface area contributed by atoms with Crippen LogP contribution in [0.1, 0.15) is 30.5 Å². The van der Waals surface area contributed by atoms with Gasteiger partial charge in [0.05, 0.1) is 7.11 Å². The molecule has 0 saturated heterocycles. The molecule has 0 aliphatic heterocycles. The predicted molar refractivity (Wildman–Crippen MR) is 138 cm³/mol. The summed E-state index contributed by atoms with van der Waals surface area (Å²) < 4.78 is 16.5. The van der Waals surface area contributed by atoms with Gasteiger partial charge in [-0.25, -0.2) is 0 Å². The van der Waals surface area contributed by atoms with E-state index in [0.29, 0.717) is 29.2 Å². The predicted octanol–water partition coefficient (Wildman–Crippen LogP) is 6.58. The zero-order chi connectivity index (χ0) is 23.7. The molecule has 0 saturated carbocycles. The van der Waals surface area contributed by atoms with Crippen LogP contribution in [-0.4, -0.2) is 15.3 Å². The van der Waals surface area contributed by atoms with Crippen molar-refractivity contribution in [3.63, 3.8) is 0 Å². The lowest BCUT2D eigenvalue weighted by atomic mass is 10.0. The highest BCUT2D eigenvalue weighted by Crippen LogP contribution is 2.37. The molecule has 0 spiro atoms. The van der Waals surface area contributed by atoms with Gasteiger partial charge >= 0.3 is 0 Å². The number of allylic oxidation sites excluding steroid dienone is 2. The highest BCUT2D eigenvalue weighted by atomic mass is 80.0. The topological polar surface area (TPSA) is 79.9 Å². The molecular formula is C23H23Br3NO5-. The molecule has 9 heteroatoms. The third-order valence-electron chi connectivity index (χ3n) is 4.24. The summed E-state index contributed by atoms with van der Waals surface area (Å²) in [5.74, 6) is 1.17. The zero-order valence-corrected chi connectivity index (χ0v) is 22.5. The summed E-state index contributed by atoms with van der Waals surface area (Å²) in [4.78, 5) is 11.4. The van der Waals surface area contributed by atoms with Gasteiger partial charge in [-0.1, -0.05) is 23.8 Å². The molecule has 2 rings (SSSR count). The molecule has 172 valence electrons. The van der Waals surface area contributed by atoms with Crippen molar-refractivity contribution in [3.8, 4) is 17.2 Å². The highest BCUT2D eigenvalue weighted by Gasteiger charge is 2.19. The second kappa shape index (κ2) is 12.4. The molecule has 0 aliphatic carbocycles. The van der Waals surface area contributed by atoms with Crippen LogP contribution in [0.15, 0.2) is 54.1 Å². The summed E-state index contributed by atoms with van der Waals surface area (Å²) in [5.41, 5.74) is 4.92. The maximum atomic E-state index is 11.4. The van der Waals surface area contributed by atoms with Gasteiger partial charge in [-0.05, 0) is 104 Å². The number of halogens is 3. The molecule has 0 atom stereocenters. The van der Waals surface area contributed by atoms with Crippen LogP contribution >= 0.6 is 47.8 Å². The number of hydroxylamine groups is 1. The Labute approximate surface area is 213 Å². The van der Waals surface area contributed by atoms with Gasteiger partial charge < -0.3 is 24.9 Å². The number of ether oxygens (including phenoxy) is 3. The summed E-state index contributed by atoms with van der Waals surface area (Å²) in [6, 6.07) is 11.0. The van der Waals surface area contributed by atoms with E-state index in [1.54, 1.807) is 19.3 Å². The first kappa shape index (κ1) is 26.4. The number of rotatable bonds is 9. The van der Waals surface area contributed by atoms with Crippen molar-refractivity contribution in [2.75, 3.05) is 7.11 Å². The second-order valence-corrected chi connectivity index (χ2v) is 13.5. The third-order valence-corrected chi connectivity index (χ3v) is 4.72. The quantitative estimate of drug-likeness (QED) is 0.146. The van der Waals surface area contributed by atoms with Crippen LogP contribution in [0.3, 0.4) is 0 Å². The molecule has 6 nitrogen and oxygen atoms in total. The van der Waals surface area contributed by atoms with Crippen molar-refractivity contribution in [3.05, 3.63) is 76.0 Å². The van der Waals surface area contributed by atoms with E-state index < -0.39 is 8.24 Å². The van der Waals surface area contributed by atoms with E-state index in [9.17, 15) is 10.0 Å². The first-order chi connectivity index (χ1) is 15.1. The fourth-order valence-electron chi connectivity index (χ4n) is 2.76. The van der Waals surface area contributed by atoms with Crippen molar-refractivity contribution < 1.29 is 19.0 Å². The molecule has 0 bridgehead atoms. The molecule has 1 N–H and O–H groups in total. The number of hydrogen-bond acceptors (Lipinski definition) is 5. The highest BCUT2D eigenvalue weighted by molar-refractivity contribution is 9.39. The monoisotopic (exact) mass is 630 g/mol. The van der Waals surface area contributed by atoms with Gasteiger partial charge in [0, 0.05) is 17.2 Å². The van der Waals surface area contributed by atoms with Crippen LogP contribution in [0.25, 0.3) is 6.08 Å². The maximum absolute atomic E-state index is 11.4. The number of carbonyl (C=O) groups is 1. The molecule has 2 aromatic carbocycles. The van der Waals surface area contributed by atoms with E-state index in [4.69, 9.17) is 14.2 Å². The smallest absolute Gasteiger partial charge is 0.272 e. The first-order valence-corrected chi connectivity index (χ1v) is 11.9. The zero-order valence-electron chi connectivity index (χ0n) is 17.8. The van der Waals surface area contributed by atoms with E-state index >= 15 is 0 Å². The lowest BCUT2D eigenvalue weighted by Gasteiger charge is -2.18. The second-order valence-electron chi connectivity index (χ2n) is 6.93. The third kappa shape index (κ3) is 8.61. The molecule has 0 unspecified atom stereocenters. The van der Waals surface area contributed by atoms with Gasteiger partial charge in [-0.3, -0.25) is 4.79 Å². The summed E-state index contributed by atoms with van der Waals surface area (Å²) in [6.45, 7) is 4.31. The van der Waals surface area contributed by atoms with Crippen molar-refractivity contribution in [1.29, 1.82) is 0 Å². The Balaban J connectivity index is 2.36. The number of methoxy groups -OCH3 is 1. The normalized spacial score (nSPS) is 11.2. The Morgan fingerprint density at radius 1 is 1.12 bits per heavy atom. The van der Waals surface area contributed by atoms with Crippen molar-refractivity contribution in [1.82, 2.24) is 5.48 Å². The molecule has 32 heavy (non-hydrogen) atoms. The minimum Gasteiger partial charge on any atom is -0.759 e. The number of hydrogen-bond donors (Lipinski definition) is 1. The van der Waals surface area contributed by atoms with Crippen LogP contribution in [0.2, 0.25) is 0 Å². The van der Waals surface area contributed by atoms with Crippen LogP contribution in [0.5, 0.6) is 17.2 Å². The lowest BCUT2D eigenvalue weighted by molar-refractivity contribution is -0.115. The summed E-state index contributed by atoms with van der Waals surface area (Å²) in [7, 11) is 1.60. The number of benzene rings is 2. The van der Waals surface area contributed by atoms with Gasteiger partial charge in [-0.2, -0.15) is 0 Å². The standard InChI is InChI=1S/C23H23Br3NO5/c1-15(2)4-11-19-20(30-3)12-7-17(8-13-21(28)27-29)22(19)31-14-16-5-9-18(10-6-16)32-23(24,25)26/h4-10,12-13H,11,14H2,1-3H3,(H-,27,28,29)/q-1/b13-8+. The van der Waals surface area contributed by atoms with Crippen LogP contribution < -0.4 is 19.7 Å². The molecule has 2 aromatic rings. The van der Waals surface area contributed by atoms with E-state index in [-0.39, 0.29) is 6.61 Å². The van der Waals surface area contributed by atoms with Crippen molar-refractivity contribution in [2.45, 2.75) is 29.2 Å². The van der Waals surface area contributed by atoms with Crippen LogP contribution in [0.4, 0.5) is 0 Å². The molecule has 0 heterocycles. The average Bonchev–Trinajstić information content (AvgIpc) is 2.74. The van der Waals surface area contributed by atoms with E-state index in [2.05, 4.69) is 53.9 Å². The fourth-order valence-corrected chi connectivity index (χ4v) is 3.32. The summed E-state index contributed by atoms with van der Waals surface area (Å²) in [5, 5.41) is 10.6. The number of amides is 1. The number of alkyl halides is 3. The van der Waals surface area contributed by atoms with Crippen molar-refractivity contribution >= 4 is 59.8 Å². The van der Waals surface area contributed by atoms with Crippen LogP contribution in [-0.2, 0) is 17.8 Å². The number of carbonyl (C=O) groups excluding carboxylic acids is 1. The Bertz CT molecular complexity index is 978.